The van der Waals surface area contributed by atoms with Crippen molar-refractivity contribution in [3.05, 3.63) is 64.2 Å². The number of nitrogens with two attached hydrogens (primary N) is 1. The third-order valence-electron chi connectivity index (χ3n) is 3.94. The molecule has 0 heterocycles. The maximum absolute atomic E-state index is 10.1. The molecule has 2 aromatic carbocycles. The predicted octanol–water partition coefficient (Wildman–Crippen LogP) is 3.02. The lowest BCUT2D eigenvalue weighted by atomic mass is 10.1. The Kier molecular flexibility index (Phi) is 6.46. The van der Waals surface area contributed by atoms with Crippen LogP contribution >= 0.6 is 11.6 Å². The summed E-state index contributed by atoms with van der Waals surface area (Å²) in [4.78, 5) is 0. The number of benzene rings is 2. The molecule has 3 N–H and O–H groups in total. The summed E-state index contributed by atoms with van der Waals surface area (Å²) < 4.78 is 5.69. The van der Waals surface area contributed by atoms with Gasteiger partial charge in [0.05, 0.1) is 0 Å². The Labute approximate surface area is 143 Å². The Morgan fingerprint density at radius 3 is 2.35 bits per heavy atom. The molecule has 2 rings (SSSR count). The molecule has 2 aromatic rings. The van der Waals surface area contributed by atoms with Gasteiger partial charge in [-0.3, -0.25) is 0 Å². The van der Waals surface area contributed by atoms with Crippen molar-refractivity contribution < 1.29 is 15.2 Å². The van der Waals surface area contributed by atoms with Crippen molar-refractivity contribution in [2.75, 3.05) is 13.2 Å². The second-order valence-corrected chi connectivity index (χ2v) is 6.38. The van der Waals surface area contributed by atoms with E-state index < -0.39 is 6.10 Å². The molecule has 0 aliphatic rings. The van der Waals surface area contributed by atoms with Gasteiger partial charge in [-0.2, -0.15) is 0 Å². The fourth-order valence-electron chi connectivity index (χ4n) is 2.50. The highest BCUT2D eigenvalue weighted by Gasteiger charge is 2.13. The number of ether oxygens (including phenoxy) is 1. The minimum atomic E-state index is -0.516. The van der Waals surface area contributed by atoms with Crippen molar-refractivity contribution in [2.24, 2.45) is 0 Å². The first-order valence-corrected chi connectivity index (χ1v) is 8.31. The molecule has 4 heteroatoms. The lowest BCUT2D eigenvalue weighted by Crippen LogP contribution is -2.87. The number of hydrogen-bond acceptors (Lipinski definition) is 2. The first kappa shape index (κ1) is 17.8. The molecule has 0 saturated carbocycles. The van der Waals surface area contributed by atoms with Crippen LogP contribution in [0.4, 0.5) is 0 Å². The van der Waals surface area contributed by atoms with Crippen LogP contribution in [0.5, 0.6) is 5.75 Å². The quantitative estimate of drug-likeness (QED) is 0.817. The van der Waals surface area contributed by atoms with Crippen LogP contribution in [0.1, 0.15) is 29.7 Å². The highest BCUT2D eigenvalue weighted by atomic mass is 35.5. The number of hydrogen-bond donors (Lipinski definition) is 2. The highest BCUT2D eigenvalue weighted by molar-refractivity contribution is 6.32. The summed E-state index contributed by atoms with van der Waals surface area (Å²) in [5.41, 5.74) is 3.23. The van der Waals surface area contributed by atoms with Gasteiger partial charge in [0.2, 0.25) is 0 Å². The fraction of sp³-hybridized carbons (Fsp3) is 0.368. The molecule has 0 saturated heterocycles. The molecule has 0 radical (unpaired) electrons. The molecule has 0 amide bonds. The van der Waals surface area contributed by atoms with E-state index in [2.05, 4.69) is 24.4 Å². The van der Waals surface area contributed by atoms with Crippen LogP contribution in [0.15, 0.2) is 42.5 Å². The van der Waals surface area contributed by atoms with Crippen molar-refractivity contribution in [1.29, 1.82) is 0 Å². The van der Waals surface area contributed by atoms with E-state index >= 15 is 0 Å². The number of quaternary nitrogens is 1. The molecule has 2 atom stereocenters. The Morgan fingerprint density at radius 1 is 1.13 bits per heavy atom. The largest absolute Gasteiger partial charge is 0.491 e. The molecule has 0 bridgehead atoms. The third kappa shape index (κ3) is 5.24. The summed E-state index contributed by atoms with van der Waals surface area (Å²) >= 11 is 6.15. The number of aliphatic hydroxyl groups excluding tert-OH is 1. The smallest absolute Gasteiger partial charge is 0.137 e. The van der Waals surface area contributed by atoms with Crippen LogP contribution in [0, 0.1) is 13.8 Å². The van der Waals surface area contributed by atoms with E-state index in [0.717, 1.165) is 21.9 Å². The Bertz CT molecular complexity index is 608. The standard InChI is InChI=1S/C19H24ClNO2/c1-13-9-18(10-14(2)19(13)20)23-12-17(22)11-21-15(3)16-7-5-4-6-8-16/h4-10,15,17,21-22H,11-12H2,1-3H3/p+1/t15-,17+/m1/s1. The topological polar surface area (TPSA) is 46.1 Å². The summed E-state index contributed by atoms with van der Waals surface area (Å²) in [5, 5.41) is 13.0. The summed E-state index contributed by atoms with van der Waals surface area (Å²) in [6.45, 7) is 6.91. The SMILES string of the molecule is Cc1cc(OC[C@@H](O)C[NH2+][C@H](C)c2ccccc2)cc(C)c1Cl. The predicted molar refractivity (Wildman–Crippen MR) is 94.1 cm³/mol. The van der Waals surface area contributed by atoms with Crippen LogP contribution in [-0.2, 0) is 0 Å². The van der Waals surface area contributed by atoms with Gasteiger partial charge in [-0.25, -0.2) is 0 Å². The van der Waals surface area contributed by atoms with Gasteiger partial charge in [-0.1, -0.05) is 41.9 Å². The normalized spacial score (nSPS) is 13.6. The summed E-state index contributed by atoms with van der Waals surface area (Å²) in [5.74, 6) is 0.750. The lowest BCUT2D eigenvalue weighted by molar-refractivity contribution is -0.698. The summed E-state index contributed by atoms with van der Waals surface area (Å²) in [7, 11) is 0. The maximum atomic E-state index is 10.1. The van der Waals surface area contributed by atoms with Gasteiger partial charge in [0.25, 0.3) is 0 Å². The molecular formula is C19H25ClNO2+. The molecule has 0 aromatic heterocycles. The van der Waals surface area contributed by atoms with Crippen molar-refractivity contribution in [3.8, 4) is 5.75 Å². The summed E-state index contributed by atoms with van der Waals surface area (Å²) in [6.07, 6.45) is -0.516. The van der Waals surface area contributed by atoms with Crippen LogP contribution in [0.2, 0.25) is 5.02 Å². The van der Waals surface area contributed by atoms with Crippen LogP contribution in [-0.4, -0.2) is 24.4 Å². The molecule has 0 aliphatic carbocycles. The van der Waals surface area contributed by atoms with Crippen molar-refractivity contribution in [3.63, 3.8) is 0 Å². The monoisotopic (exact) mass is 334 g/mol. The van der Waals surface area contributed by atoms with E-state index in [4.69, 9.17) is 16.3 Å². The maximum Gasteiger partial charge on any atom is 0.137 e. The van der Waals surface area contributed by atoms with E-state index in [1.165, 1.54) is 5.56 Å². The van der Waals surface area contributed by atoms with Gasteiger partial charge in [0, 0.05) is 10.6 Å². The second kappa shape index (κ2) is 8.34. The molecule has 0 unspecified atom stereocenters. The summed E-state index contributed by atoms with van der Waals surface area (Å²) in [6, 6.07) is 14.4. The van der Waals surface area contributed by atoms with E-state index in [1.807, 2.05) is 44.2 Å². The molecule has 3 nitrogen and oxygen atoms in total. The van der Waals surface area contributed by atoms with E-state index in [-0.39, 0.29) is 6.61 Å². The van der Waals surface area contributed by atoms with Crippen LogP contribution < -0.4 is 10.1 Å². The first-order chi connectivity index (χ1) is 11.0. The minimum absolute atomic E-state index is 0.276. The lowest BCUT2D eigenvalue weighted by Gasteiger charge is -2.16. The Morgan fingerprint density at radius 2 is 1.74 bits per heavy atom. The first-order valence-electron chi connectivity index (χ1n) is 7.93. The third-order valence-corrected chi connectivity index (χ3v) is 4.54. The zero-order chi connectivity index (χ0) is 16.8. The van der Waals surface area contributed by atoms with Gasteiger partial charge >= 0.3 is 0 Å². The van der Waals surface area contributed by atoms with Gasteiger partial charge in [-0.15, -0.1) is 0 Å². The van der Waals surface area contributed by atoms with Crippen molar-refractivity contribution in [2.45, 2.75) is 32.9 Å². The highest BCUT2D eigenvalue weighted by Crippen LogP contribution is 2.25. The van der Waals surface area contributed by atoms with Gasteiger partial charge in [0.1, 0.15) is 31.0 Å². The molecule has 124 valence electrons. The van der Waals surface area contributed by atoms with E-state index in [1.54, 1.807) is 0 Å². The fourth-order valence-corrected chi connectivity index (χ4v) is 2.61. The molecule has 0 spiro atoms. The average Bonchev–Trinajstić information content (AvgIpc) is 2.56. The van der Waals surface area contributed by atoms with Crippen molar-refractivity contribution in [1.82, 2.24) is 0 Å². The molecule has 23 heavy (non-hydrogen) atoms. The zero-order valence-electron chi connectivity index (χ0n) is 13.9. The minimum Gasteiger partial charge on any atom is -0.491 e. The zero-order valence-corrected chi connectivity index (χ0v) is 14.7. The van der Waals surface area contributed by atoms with E-state index in [0.29, 0.717) is 12.6 Å². The Balaban J connectivity index is 1.80. The number of aryl methyl sites for hydroxylation is 2. The number of rotatable bonds is 7. The van der Waals surface area contributed by atoms with Crippen LogP contribution in [0.25, 0.3) is 0 Å². The van der Waals surface area contributed by atoms with Gasteiger partial charge < -0.3 is 15.2 Å². The van der Waals surface area contributed by atoms with Gasteiger partial charge in [0.15, 0.2) is 0 Å². The second-order valence-electron chi connectivity index (χ2n) is 6.01. The van der Waals surface area contributed by atoms with Crippen LogP contribution in [0.3, 0.4) is 0 Å². The molecule has 0 fully saturated rings. The number of halogens is 1. The number of aliphatic hydroxyl groups is 1. The molecule has 0 aliphatic heterocycles. The Hall–Kier alpha value is -1.55. The van der Waals surface area contributed by atoms with Crippen molar-refractivity contribution >= 4 is 11.6 Å². The van der Waals surface area contributed by atoms with E-state index in [9.17, 15) is 5.11 Å². The average molecular weight is 335 g/mol. The molecular weight excluding hydrogens is 310 g/mol. The van der Waals surface area contributed by atoms with Gasteiger partial charge in [-0.05, 0) is 44.0 Å².